The first-order chi connectivity index (χ1) is 7.22. The maximum absolute atomic E-state index is 12.0. The minimum Gasteiger partial charge on any atom is -0.373 e. The van der Waals surface area contributed by atoms with Crippen LogP contribution in [0.3, 0.4) is 0 Å². The van der Waals surface area contributed by atoms with Gasteiger partial charge in [-0.15, -0.1) is 0 Å². The Kier molecular flexibility index (Phi) is 4.50. The number of aryl methyl sites for hydroxylation is 1. The monoisotopic (exact) mass is 206 g/mol. The average Bonchev–Trinajstić information content (AvgIpc) is 2.30. The molecule has 82 valence electrons. The minimum atomic E-state index is -0.308. The molecule has 1 aromatic carbocycles. The molecular weight excluding hydrogens is 188 g/mol. The second-order valence-corrected chi connectivity index (χ2v) is 3.55. The Hall–Kier alpha value is -1.15. The van der Waals surface area contributed by atoms with Crippen LogP contribution in [0, 0.1) is 0 Å². The SMILES string of the molecule is CCc1cccc(C(=O)C(CC)OC)c1. The topological polar surface area (TPSA) is 26.3 Å². The number of carbonyl (C=O) groups excluding carboxylic acids is 1. The highest BCUT2D eigenvalue weighted by Gasteiger charge is 2.17. The molecule has 0 aromatic heterocycles. The number of benzene rings is 1. The van der Waals surface area contributed by atoms with Crippen molar-refractivity contribution in [2.75, 3.05) is 7.11 Å². The van der Waals surface area contributed by atoms with Gasteiger partial charge in [0, 0.05) is 12.7 Å². The van der Waals surface area contributed by atoms with Gasteiger partial charge in [0.1, 0.15) is 6.10 Å². The molecule has 2 nitrogen and oxygen atoms in total. The van der Waals surface area contributed by atoms with Crippen molar-refractivity contribution in [3.8, 4) is 0 Å². The third-order valence-corrected chi connectivity index (χ3v) is 2.57. The second kappa shape index (κ2) is 5.66. The van der Waals surface area contributed by atoms with Crippen molar-refractivity contribution in [2.24, 2.45) is 0 Å². The summed E-state index contributed by atoms with van der Waals surface area (Å²) in [6.45, 7) is 4.03. The molecular formula is C13H18O2. The largest absolute Gasteiger partial charge is 0.373 e. The summed E-state index contributed by atoms with van der Waals surface area (Å²) in [5.41, 5.74) is 1.94. The van der Waals surface area contributed by atoms with Crippen molar-refractivity contribution >= 4 is 5.78 Å². The summed E-state index contributed by atoms with van der Waals surface area (Å²) >= 11 is 0. The van der Waals surface area contributed by atoms with Gasteiger partial charge in [0.25, 0.3) is 0 Å². The number of rotatable bonds is 5. The number of ketones is 1. The lowest BCUT2D eigenvalue weighted by Gasteiger charge is -2.12. The molecule has 0 radical (unpaired) electrons. The quantitative estimate of drug-likeness (QED) is 0.692. The van der Waals surface area contributed by atoms with Gasteiger partial charge in [-0.05, 0) is 24.5 Å². The zero-order valence-electron chi connectivity index (χ0n) is 9.62. The first-order valence-electron chi connectivity index (χ1n) is 5.38. The summed E-state index contributed by atoms with van der Waals surface area (Å²) in [7, 11) is 1.58. The molecule has 2 heteroatoms. The first-order valence-corrected chi connectivity index (χ1v) is 5.38. The molecule has 1 aromatic rings. The Labute approximate surface area is 91.3 Å². The third-order valence-electron chi connectivity index (χ3n) is 2.57. The van der Waals surface area contributed by atoms with Crippen LogP contribution in [0.1, 0.15) is 36.2 Å². The van der Waals surface area contributed by atoms with Gasteiger partial charge < -0.3 is 4.74 Å². The van der Waals surface area contributed by atoms with E-state index in [1.54, 1.807) is 7.11 Å². The van der Waals surface area contributed by atoms with Gasteiger partial charge >= 0.3 is 0 Å². The maximum Gasteiger partial charge on any atom is 0.191 e. The lowest BCUT2D eigenvalue weighted by molar-refractivity contribution is 0.0595. The van der Waals surface area contributed by atoms with Gasteiger partial charge in [-0.3, -0.25) is 4.79 Å². The molecule has 15 heavy (non-hydrogen) atoms. The molecule has 0 spiro atoms. The number of ether oxygens (including phenoxy) is 1. The first kappa shape index (κ1) is 11.9. The van der Waals surface area contributed by atoms with Crippen LogP contribution in [0.25, 0.3) is 0 Å². The Morgan fingerprint density at radius 2 is 2.13 bits per heavy atom. The van der Waals surface area contributed by atoms with E-state index in [4.69, 9.17) is 4.74 Å². The molecule has 1 atom stereocenters. The van der Waals surface area contributed by atoms with Crippen LogP contribution in [-0.2, 0) is 11.2 Å². The van der Waals surface area contributed by atoms with E-state index < -0.39 is 0 Å². The Balaban J connectivity index is 2.90. The van der Waals surface area contributed by atoms with Crippen LogP contribution >= 0.6 is 0 Å². The Morgan fingerprint density at radius 1 is 1.40 bits per heavy atom. The molecule has 0 aliphatic rings. The minimum absolute atomic E-state index is 0.0790. The predicted molar refractivity (Wildman–Crippen MR) is 61.2 cm³/mol. The number of carbonyl (C=O) groups is 1. The summed E-state index contributed by atoms with van der Waals surface area (Å²) in [4.78, 5) is 12.0. The van der Waals surface area contributed by atoms with Crippen molar-refractivity contribution in [2.45, 2.75) is 32.8 Å². The molecule has 0 N–H and O–H groups in total. The lowest BCUT2D eigenvalue weighted by atomic mass is 10.0. The molecule has 0 saturated carbocycles. The van der Waals surface area contributed by atoms with E-state index in [2.05, 4.69) is 6.92 Å². The summed E-state index contributed by atoms with van der Waals surface area (Å²) in [5, 5.41) is 0. The Bertz CT molecular complexity index is 327. The lowest BCUT2D eigenvalue weighted by Crippen LogP contribution is -2.22. The van der Waals surface area contributed by atoms with Gasteiger partial charge in [0.05, 0.1) is 0 Å². The second-order valence-electron chi connectivity index (χ2n) is 3.55. The molecule has 1 rings (SSSR count). The normalized spacial score (nSPS) is 12.5. The van der Waals surface area contributed by atoms with Crippen LogP contribution in [0.4, 0.5) is 0 Å². The van der Waals surface area contributed by atoms with Crippen molar-refractivity contribution in [1.82, 2.24) is 0 Å². The van der Waals surface area contributed by atoms with Gasteiger partial charge in [0.2, 0.25) is 0 Å². The fourth-order valence-electron chi connectivity index (χ4n) is 1.59. The molecule has 0 aliphatic heterocycles. The summed E-state index contributed by atoms with van der Waals surface area (Å²) < 4.78 is 5.14. The molecule has 0 heterocycles. The van der Waals surface area contributed by atoms with E-state index in [1.165, 1.54) is 5.56 Å². The van der Waals surface area contributed by atoms with Crippen LogP contribution in [-0.4, -0.2) is 19.0 Å². The van der Waals surface area contributed by atoms with Crippen LogP contribution in [0.5, 0.6) is 0 Å². The van der Waals surface area contributed by atoms with E-state index in [-0.39, 0.29) is 11.9 Å². The van der Waals surface area contributed by atoms with Crippen molar-refractivity contribution < 1.29 is 9.53 Å². The van der Waals surface area contributed by atoms with E-state index in [1.807, 2.05) is 31.2 Å². The summed E-state index contributed by atoms with van der Waals surface area (Å²) in [6.07, 6.45) is 1.36. The molecule has 0 aliphatic carbocycles. The van der Waals surface area contributed by atoms with Gasteiger partial charge in [-0.1, -0.05) is 32.0 Å². The van der Waals surface area contributed by atoms with Gasteiger partial charge in [0.15, 0.2) is 5.78 Å². The van der Waals surface area contributed by atoms with E-state index >= 15 is 0 Å². The fourth-order valence-corrected chi connectivity index (χ4v) is 1.59. The highest BCUT2D eigenvalue weighted by atomic mass is 16.5. The summed E-state index contributed by atoms with van der Waals surface area (Å²) in [5.74, 6) is 0.0790. The van der Waals surface area contributed by atoms with Crippen molar-refractivity contribution in [1.29, 1.82) is 0 Å². The number of hydrogen-bond donors (Lipinski definition) is 0. The molecule has 0 bridgehead atoms. The highest BCUT2D eigenvalue weighted by Crippen LogP contribution is 2.11. The predicted octanol–water partition coefficient (Wildman–Crippen LogP) is 2.86. The standard InChI is InChI=1S/C13H18O2/c1-4-10-7-6-8-11(9-10)13(14)12(5-2)15-3/h6-9,12H,4-5H2,1-3H3. The van der Waals surface area contributed by atoms with Gasteiger partial charge in [-0.2, -0.15) is 0 Å². The highest BCUT2D eigenvalue weighted by molar-refractivity contribution is 5.99. The maximum atomic E-state index is 12.0. The molecule has 0 saturated heterocycles. The number of hydrogen-bond acceptors (Lipinski definition) is 2. The smallest absolute Gasteiger partial charge is 0.191 e. The zero-order valence-corrected chi connectivity index (χ0v) is 9.62. The van der Waals surface area contributed by atoms with Crippen molar-refractivity contribution in [3.63, 3.8) is 0 Å². The molecule has 0 amide bonds. The fraction of sp³-hybridized carbons (Fsp3) is 0.462. The average molecular weight is 206 g/mol. The van der Waals surface area contributed by atoms with E-state index in [0.29, 0.717) is 6.42 Å². The van der Waals surface area contributed by atoms with Crippen LogP contribution in [0.2, 0.25) is 0 Å². The third kappa shape index (κ3) is 2.90. The van der Waals surface area contributed by atoms with E-state index in [0.717, 1.165) is 12.0 Å². The van der Waals surface area contributed by atoms with Crippen molar-refractivity contribution in [3.05, 3.63) is 35.4 Å². The van der Waals surface area contributed by atoms with Crippen LogP contribution < -0.4 is 0 Å². The summed E-state index contributed by atoms with van der Waals surface area (Å²) in [6, 6.07) is 7.76. The molecule has 1 unspecified atom stereocenters. The molecule has 0 fully saturated rings. The van der Waals surface area contributed by atoms with Gasteiger partial charge in [-0.25, -0.2) is 0 Å². The number of methoxy groups -OCH3 is 1. The van der Waals surface area contributed by atoms with Crippen LogP contribution in [0.15, 0.2) is 24.3 Å². The zero-order chi connectivity index (χ0) is 11.3. The number of Topliss-reactive ketones (excluding diaryl/α,β-unsaturated/α-hetero) is 1. The van der Waals surface area contributed by atoms with E-state index in [9.17, 15) is 4.79 Å². The Morgan fingerprint density at radius 3 is 2.67 bits per heavy atom.